The first-order valence-electron chi connectivity index (χ1n) is 26.7. The summed E-state index contributed by atoms with van der Waals surface area (Å²) in [5.41, 5.74) is 22.2. The fourth-order valence-electron chi connectivity index (χ4n) is 11.7. The topological polar surface area (TPSA) is 34.6 Å². The van der Waals surface area contributed by atoms with Crippen LogP contribution in [0, 0.1) is 0 Å². The van der Waals surface area contributed by atoms with Crippen LogP contribution in [0.25, 0.3) is 105 Å². The molecule has 1 aliphatic rings. The van der Waals surface area contributed by atoms with Gasteiger partial charge in [0.2, 0.25) is 0 Å². The maximum atomic E-state index is 5.82. The fourth-order valence-corrected chi connectivity index (χ4v) is 11.7. The minimum atomic E-state index is 0.638. The van der Waals surface area contributed by atoms with E-state index in [2.05, 4.69) is 289 Å². The van der Waals surface area contributed by atoms with E-state index in [1.54, 1.807) is 0 Å². The Bertz CT molecular complexity index is 4390. The van der Waals surface area contributed by atoms with Crippen LogP contribution in [-0.4, -0.2) is 20.7 Å². The molecule has 0 spiro atoms. The van der Waals surface area contributed by atoms with E-state index in [4.69, 9.17) is 9.98 Å². The summed E-state index contributed by atoms with van der Waals surface area (Å²) >= 11 is 0. The first-order chi connectivity index (χ1) is 38.1. The number of allylic oxidation sites excluding steroid dienone is 1. The lowest BCUT2D eigenvalue weighted by Crippen LogP contribution is -2.07. The normalized spacial score (nSPS) is 12.8. The van der Waals surface area contributed by atoms with Crippen LogP contribution < -0.4 is 0 Å². The number of hydrogen-bond acceptors (Lipinski definition) is 2. The van der Waals surface area contributed by atoms with Crippen molar-refractivity contribution in [2.24, 2.45) is 9.98 Å². The molecule has 0 N–H and O–H groups in total. The lowest BCUT2D eigenvalue weighted by atomic mass is 9.92. The average Bonchev–Trinajstić information content (AvgIpc) is 4.00. The van der Waals surface area contributed by atoms with Crippen LogP contribution in [0.4, 0.5) is 0 Å². The Labute approximate surface area is 448 Å². The molecule has 14 rings (SSSR count). The summed E-state index contributed by atoms with van der Waals surface area (Å²) in [5.74, 6) is 0.674. The predicted molar refractivity (Wildman–Crippen MR) is 325 cm³/mol. The van der Waals surface area contributed by atoms with E-state index in [1.165, 1.54) is 49.3 Å². The Morgan fingerprint density at radius 3 is 1.32 bits per heavy atom. The quantitative estimate of drug-likeness (QED) is 0.131. The molecular weight excluding hydrogens is 933 g/mol. The molecule has 2 aromatic heterocycles. The van der Waals surface area contributed by atoms with Gasteiger partial charge in [0.1, 0.15) is 0 Å². The molecule has 0 amide bonds. The molecule has 0 fully saturated rings. The molecule has 0 saturated carbocycles. The Morgan fingerprint density at radius 1 is 0.312 bits per heavy atom. The molecule has 0 unspecified atom stereocenters. The largest absolute Gasteiger partial charge is 0.309 e. The Hall–Kier alpha value is -9.90. The van der Waals surface area contributed by atoms with Gasteiger partial charge in [-0.2, -0.15) is 0 Å². The molecule has 0 radical (unpaired) electrons. The average molecular weight is 985 g/mol. The number of benzene rings is 11. The Morgan fingerprint density at radius 2 is 0.753 bits per heavy atom. The van der Waals surface area contributed by atoms with Gasteiger partial charge in [-0.05, 0) is 106 Å². The minimum absolute atomic E-state index is 0.638. The van der Waals surface area contributed by atoms with E-state index in [1.807, 2.05) is 0 Å². The summed E-state index contributed by atoms with van der Waals surface area (Å²) in [6, 6.07) is 98.8. The molecule has 4 nitrogen and oxygen atoms in total. The van der Waals surface area contributed by atoms with Crippen molar-refractivity contribution >= 4 is 60.9 Å². The van der Waals surface area contributed by atoms with Crippen molar-refractivity contribution in [2.75, 3.05) is 0 Å². The van der Waals surface area contributed by atoms with Gasteiger partial charge in [0.25, 0.3) is 0 Å². The smallest absolute Gasteiger partial charge is 0.160 e. The van der Waals surface area contributed by atoms with Crippen molar-refractivity contribution in [3.8, 4) is 55.9 Å². The third kappa shape index (κ3) is 8.19. The van der Waals surface area contributed by atoms with Crippen LogP contribution in [0.1, 0.15) is 36.5 Å². The van der Waals surface area contributed by atoms with Gasteiger partial charge in [-0.15, -0.1) is 0 Å². The van der Waals surface area contributed by atoms with Gasteiger partial charge in [-0.1, -0.05) is 225 Å². The first-order valence-corrected chi connectivity index (χ1v) is 26.7. The first kappa shape index (κ1) is 45.7. The van der Waals surface area contributed by atoms with Gasteiger partial charge in [0, 0.05) is 50.2 Å². The van der Waals surface area contributed by atoms with Gasteiger partial charge < -0.3 is 9.13 Å². The van der Waals surface area contributed by atoms with Crippen LogP contribution >= 0.6 is 0 Å². The van der Waals surface area contributed by atoms with Crippen LogP contribution in [0.5, 0.6) is 0 Å². The maximum absolute atomic E-state index is 5.82. The Kier molecular flexibility index (Phi) is 11.5. The number of hydrogen-bond donors (Lipinski definition) is 0. The lowest BCUT2D eigenvalue weighted by molar-refractivity contribution is 1.05. The zero-order chi connectivity index (χ0) is 51.2. The molecule has 77 heavy (non-hydrogen) atoms. The number of aliphatic imine (C=N–C) groups is 2. The molecule has 3 heterocycles. The highest BCUT2D eigenvalue weighted by Gasteiger charge is 2.24. The van der Waals surface area contributed by atoms with Gasteiger partial charge >= 0.3 is 0 Å². The van der Waals surface area contributed by atoms with Crippen LogP contribution in [0.15, 0.2) is 289 Å². The molecule has 364 valence electrons. The second-order valence-corrected chi connectivity index (χ2v) is 19.9. The summed E-state index contributed by atoms with van der Waals surface area (Å²) in [5, 5.41) is 4.89. The summed E-state index contributed by atoms with van der Waals surface area (Å²) in [7, 11) is 0. The van der Waals surface area contributed by atoms with Crippen LogP contribution in [0.3, 0.4) is 0 Å². The molecule has 0 aliphatic carbocycles. The van der Waals surface area contributed by atoms with E-state index in [-0.39, 0.29) is 0 Å². The monoisotopic (exact) mass is 984 g/mol. The third-order valence-corrected chi connectivity index (χ3v) is 15.4. The lowest BCUT2D eigenvalue weighted by Gasteiger charge is -2.17. The van der Waals surface area contributed by atoms with Gasteiger partial charge in [-0.3, -0.25) is 0 Å². The molecule has 1 aliphatic heterocycles. The second kappa shape index (κ2) is 19.4. The molecule has 13 aromatic rings. The SMILES string of the molecule is CCC1=C(c2cccc(-c3cc(-c4ccccc4)ccc3-n3c4ccccc4c4ccccc43)c2)N=C(c2ccc(-c3ccccc3)c(-n3c4ccccc4c4ccccc43)c2)N=C(c2cccc(-c3ccccc3)c2)C1. The highest BCUT2D eigenvalue weighted by Crippen LogP contribution is 2.42. The summed E-state index contributed by atoms with van der Waals surface area (Å²) in [6.45, 7) is 2.26. The molecular formula is C73H52N4. The van der Waals surface area contributed by atoms with Crippen molar-refractivity contribution in [2.45, 2.75) is 19.8 Å². The molecule has 4 heteroatoms. The van der Waals surface area contributed by atoms with E-state index < -0.39 is 0 Å². The highest BCUT2D eigenvalue weighted by atomic mass is 15.0. The van der Waals surface area contributed by atoms with Crippen molar-refractivity contribution in [3.05, 3.63) is 295 Å². The van der Waals surface area contributed by atoms with Gasteiger partial charge in [0.15, 0.2) is 5.84 Å². The number of para-hydroxylation sites is 4. The minimum Gasteiger partial charge on any atom is -0.309 e. The van der Waals surface area contributed by atoms with Crippen molar-refractivity contribution < 1.29 is 0 Å². The number of aromatic nitrogens is 2. The predicted octanol–water partition coefficient (Wildman–Crippen LogP) is 19.0. The van der Waals surface area contributed by atoms with Crippen molar-refractivity contribution in [1.29, 1.82) is 0 Å². The molecule has 0 saturated heterocycles. The number of fused-ring (bicyclic) bond motifs is 6. The van der Waals surface area contributed by atoms with Crippen molar-refractivity contribution in [1.82, 2.24) is 9.13 Å². The highest BCUT2D eigenvalue weighted by molar-refractivity contribution is 6.17. The van der Waals surface area contributed by atoms with Crippen LogP contribution in [-0.2, 0) is 0 Å². The summed E-state index contributed by atoms with van der Waals surface area (Å²) in [6.07, 6.45) is 1.43. The van der Waals surface area contributed by atoms with E-state index in [9.17, 15) is 0 Å². The van der Waals surface area contributed by atoms with Crippen LogP contribution in [0.2, 0.25) is 0 Å². The summed E-state index contributed by atoms with van der Waals surface area (Å²) < 4.78 is 4.87. The molecule has 0 atom stereocenters. The fraction of sp³-hybridized carbons (Fsp3) is 0.0411. The Balaban J connectivity index is 0.992. The zero-order valence-corrected chi connectivity index (χ0v) is 42.7. The van der Waals surface area contributed by atoms with Crippen molar-refractivity contribution in [3.63, 3.8) is 0 Å². The maximum Gasteiger partial charge on any atom is 0.160 e. The van der Waals surface area contributed by atoms with E-state index in [0.29, 0.717) is 12.3 Å². The number of rotatable bonds is 10. The number of nitrogens with zero attached hydrogens (tertiary/aromatic N) is 4. The zero-order valence-electron chi connectivity index (χ0n) is 42.7. The van der Waals surface area contributed by atoms with Gasteiger partial charge in [0.05, 0.1) is 44.9 Å². The summed E-state index contributed by atoms with van der Waals surface area (Å²) in [4.78, 5) is 11.5. The van der Waals surface area contributed by atoms with Gasteiger partial charge in [-0.25, -0.2) is 9.98 Å². The van der Waals surface area contributed by atoms with E-state index >= 15 is 0 Å². The molecule has 0 bridgehead atoms. The second-order valence-electron chi connectivity index (χ2n) is 19.9. The molecule has 11 aromatic carbocycles. The standard InChI is InChI=1S/C73H52N4/c1-2-49-47-65(56-30-20-28-53(44-56)50-22-6-3-7-23-50)74-73(58-40-42-59(52-26-10-5-11-27-52)71(48-58)77-68-38-18-14-34-62(68)63-35-15-19-39-69(63)77)75-72(49)57-31-21-29-55(45-57)64-46-54(51-24-8-4-9-25-51)41-43-70(64)76-66-36-16-12-32-60(66)61-33-13-17-37-67(61)76/h3-46,48H,2,47H2,1H3. The third-order valence-electron chi connectivity index (χ3n) is 15.4. The van der Waals surface area contributed by atoms with E-state index in [0.717, 1.165) is 90.3 Å². The number of amidine groups is 1.